The molecule has 1 heterocycles. The zero-order valence-electron chi connectivity index (χ0n) is 19.0. The van der Waals surface area contributed by atoms with Crippen LogP contribution in [0.25, 0.3) is 11.3 Å². The van der Waals surface area contributed by atoms with E-state index >= 15 is 0 Å². The summed E-state index contributed by atoms with van der Waals surface area (Å²) in [6.45, 7) is 0. The fraction of sp³-hybridized carbons (Fsp3) is 0.304. The molecular weight excluding hydrogens is 476 g/mol. The van der Waals surface area contributed by atoms with E-state index in [-0.39, 0.29) is 17.0 Å². The number of hydrogen-bond acceptors (Lipinski definition) is 7. The second-order valence-corrected chi connectivity index (χ2v) is 9.55. The summed E-state index contributed by atoms with van der Waals surface area (Å²) in [6, 6.07) is 11.3. The average molecular weight is 503 g/mol. The van der Waals surface area contributed by atoms with Crippen LogP contribution in [-0.2, 0) is 14.8 Å². The second-order valence-electron chi connectivity index (χ2n) is 7.84. The van der Waals surface area contributed by atoms with Crippen molar-refractivity contribution < 1.29 is 28.0 Å². The molecule has 0 aliphatic rings. The molecule has 0 bridgehead atoms. The number of imidazole rings is 1. The Morgan fingerprint density at radius 2 is 1.97 bits per heavy atom. The van der Waals surface area contributed by atoms with Crippen LogP contribution < -0.4 is 9.46 Å². The summed E-state index contributed by atoms with van der Waals surface area (Å²) in [7, 11) is -2.56. The number of aliphatic carboxylic acids is 1. The molecule has 0 fully saturated rings. The summed E-state index contributed by atoms with van der Waals surface area (Å²) in [5.41, 5.74) is 1.12. The first kappa shape index (κ1) is 25.8. The van der Waals surface area contributed by atoms with Gasteiger partial charge in [0.15, 0.2) is 0 Å². The summed E-state index contributed by atoms with van der Waals surface area (Å²) in [5, 5.41) is 19.9. The van der Waals surface area contributed by atoms with Gasteiger partial charge in [0.25, 0.3) is 5.69 Å². The Balaban J connectivity index is 1.85. The molecule has 3 aromatic rings. The highest BCUT2D eigenvalue weighted by atomic mass is 32.2. The highest BCUT2D eigenvalue weighted by Gasteiger charge is 2.25. The van der Waals surface area contributed by atoms with Gasteiger partial charge in [0, 0.05) is 24.1 Å². The minimum Gasteiger partial charge on any atom is -0.497 e. The van der Waals surface area contributed by atoms with E-state index in [0.717, 1.165) is 11.6 Å². The van der Waals surface area contributed by atoms with E-state index in [1.54, 1.807) is 19.4 Å². The Bertz CT molecular complexity index is 1290. The Labute approximate surface area is 202 Å². The van der Waals surface area contributed by atoms with Crippen LogP contribution in [0.1, 0.15) is 44.0 Å². The van der Waals surface area contributed by atoms with Crippen LogP contribution in [0.2, 0.25) is 0 Å². The summed E-state index contributed by atoms with van der Waals surface area (Å²) in [6.07, 6.45) is 3.56. The number of nitrogens with zero attached hydrogens (tertiary/aromatic N) is 2. The zero-order chi connectivity index (χ0) is 25.4. The Morgan fingerprint density at radius 3 is 2.69 bits per heavy atom. The van der Waals surface area contributed by atoms with Gasteiger partial charge in [-0.15, -0.1) is 0 Å². The van der Waals surface area contributed by atoms with Crippen molar-refractivity contribution in [3.63, 3.8) is 0 Å². The second kappa shape index (κ2) is 11.6. The van der Waals surface area contributed by atoms with Gasteiger partial charge in [0.05, 0.1) is 34.9 Å². The minimum atomic E-state index is -4.11. The topological polar surface area (TPSA) is 165 Å². The van der Waals surface area contributed by atoms with Crippen LogP contribution in [0.15, 0.2) is 59.6 Å². The summed E-state index contributed by atoms with van der Waals surface area (Å²) < 4.78 is 34.0. The van der Waals surface area contributed by atoms with Gasteiger partial charge in [-0.3, -0.25) is 14.9 Å². The maximum Gasteiger partial charge on any atom is 0.303 e. The lowest BCUT2D eigenvalue weighted by Gasteiger charge is -2.17. The van der Waals surface area contributed by atoms with Crippen LogP contribution in [0.4, 0.5) is 5.69 Å². The normalized spacial score (nSPS) is 12.3. The number of nitro benzene ring substituents is 1. The molecule has 0 aliphatic carbocycles. The molecule has 11 nitrogen and oxygen atoms in total. The number of nitrogens with one attached hydrogen (secondary N) is 2. The molecule has 3 N–H and O–H groups in total. The van der Waals surface area contributed by atoms with Gasteiger partial charge in [-0.25, -0.2) is 18.1 Å². The molecule has 1 aromatic heterocycles. The summed E-state index contributed by atoms with van der Waals surface area (Å²) >= 11 is 0. The first-order chi connectivity index (χ1) is 16.7. The standard InChI is InChI=1S/C23H26N4O7S/c1-34-18-9-5-7-16(13-18)21-15-24-23(25-21)20(11-3-2-4-12-22(28)29)26-35(32,33)19-10-6-8-17(14-19)27(30)31/h5-10,13-15,20,26H,2-4,11-12H2,1H3,(H,24,25)(H,28,29)/t20-/m0/s1. The molecule has 1 atom stereocenters. The molecule has 0 saturated carbocycles. The number of nitro groups is 1. The fourth-order valence-corrected chi connectivity index (χ4v) is 4.80. The third kappa shape index (κ3) is 7.11. The van der Waals surface area contributed by atoms with Crippen LogP contribution in [0.5, 0.6) is 5.75 Å². The lowest BCUT2D eigenvalue weighted by molar-refractivity contribution is -0.385. The predicted octanol–water partition coefficient (Wildman–Crippen LogP) is 4.05. The minimum absolute atomic E-state index is 0.0326. The number of benzene rings is 2. The van der Waals surface area contributed by atoms with E-state index in [4.69, 9.17) is 9.84 Å². The summed E-state index contributed by atoms with van der Waals surface area (Å²) in [5.74, 6) is 0.136. The Kier molecular flexibility index (Phi) is 8.55. The van der Waals surface area contributed by atoms with Crippen molar-refractivity contribution in [3.8, 4) is 17.0 Å². The molecule has 12 heteroatoms. The predicted molar refractivity (Wildman–Crippen MR) is 127 cm³/mol. The smallest absolute Gasteiger partial charge is 0.303 e. The van der Waals surface area contributed by atoms with Crippen LogP contribution in [-0.4, -0.2) is 41.5 Å². The molecule has 3 rings (SSSR count). The van der Waals surface area contributed by atoms with Gasteiger partial charge < -0.3 is 14.8 Å². The molecule has 186 valence electrons. The molecule has 2 aromatic carbocycles. The lowest BCUT2D eigenvalue weighted by atomic mass is 10.1. The third-order valence-electron chi connectivity index (χ3n) is 5.33. The number of sulfonamides is 1. The molecule has 0 radical (unpaired) electrons. The molecular formula is C23H26N4O7S. The van der Waals surface area contributed by atoms with Gasteiger partial charge in [0.2, 0.25) is 10.0 Å². The van der Waals surface area contributed by atoms with E-state index in [1.807, 2.05) is 18.2 Å². The molecule has 0 amide bonds. The van der Waals surface area contributed by atoms with Crippen molar-refractivity contribution in [2.45, 2.75) is 43.0 Å². The molecule has 0 unspecified atom stereocenters. The van der Waals surface area contributed by atoms with Gasteiger partial charge in [-0.05, 0) is 31.0 Å². The maximum atomic E-state index is 13.1. The first-order valence-electron chi connectivity index (χ1n) is 10.9. The monoisotopic (exact) mass is 502 g/mol. The van der Waals surface area contributed by atoms with Gasteiger partial charge in [0.1, 0.15) is 11.6 Å². The van der Waals surface area contributed by atoms with Crippen molar-refractivity contribution in [1.82, 2.24) is 14.7 Å². The number of H-pyrrole nitrogens is 1. The number of unbranched alkanes of at least 4 members (excludes halogenated alkanes) is 2. The largest absolute Gasteiger partial charge is 0.497 e. The fourth-order valence-electron chi connectivity index (χ4n) is 3.52. The van der Waals surface area contributed by atoms with E-state index < -0.39 is 27.0 Å². The SMILES string of the molecule is COc1cccc(-c2cnc([C@H](CCCCCC(=O)O)NS(=O)(=O)c3cccc([N+](=O)[O-])c3)[nH]2)c1. The Hall–Kier alpha value is -3.77. The van der Waals surface area contributed by atoms with Crippen molar-refractivity contribution in [1.29, 1.82) is 0 Å². The molecule has 0 saturated heterocycles. The number of carboxylic acid groups (broad SMARTS) is 1. The quantitative estimate of drug-likeness (QED) is 0.179. The zero-order valence-corrected chi connectivity index (χ0v) is 19.8. The maximum absolute atomic E-state index is 13.1. The van der Waals surface area contributed by atoms with Crippen molar-refractivity contribution in [3.05, 3.63) is 70.7 Å². The van der Waals surface area contributed by atoms with Crippen LogP contribution in [0.3, 0.4) is 0 Å². The van der Waals surface area contributed by atoms with Crippen LogP contribution >= 0.6 is 0 Å². The third-order valence-corrected chi connectivity index (χ3v) is 6.80. The number of aromatic nitrogens is 2. The van der Waals surface area contributed by atoms with Gasteiger partial charge in [-0.1, -0.05) is 31.0 Å². The lowest BCUT2D eigenvalue weighted by Crippen LogP contribution is -2.29. The summed E-state index contributed by atoms with van der Waals surface area (Å²) in [4.78, 5) is 28.5. The number of carbonyl (C=O) groups is 1. The number of hydrogen-bond donors (Lipinski definition) is 3. The molecule has 35 heavy (non-hydrogen) atoms. The van der Waals surface area contributed by atoms with E-state index in [0.29, 0.717) is 43.0 Å². The number of carboxylic acids is 1. The van der Waals surface area contributed by atoms with E-state index in [9.17, 15) is 23.3 Å². The number of aromatic amines is 1. The average Bonchev–Trinajstić information content (AvgIpc) is 3.33. The van der Waals surface area contributed by atoms with E-state index in [2.05, 4.69) is 14.7 Å². The highest BCUT2D eigenvalue weighted by molar-refractivity contribution is 7.89. The van der Waals surface area contributed by atoms with Crippen molar-refractivity contribution in [2.24, 2.45) is 0 Å². The first-order valence-corrected chi connectivity index (χ1v) is 12.4. The molecule has 0 spiro atoms. The highest BCUT2D eigenvalue weighted by Crippen LogP contribution is 2.27. The molecule has 0 aliphatic heterocycles. The Morgan fingerprint density at radius 1 is 1.20 bits per heavy atom. The number of methoxy groups -OCH3 is 1. The van der Waals surface area contributed by atoms with E-state index in [1.165, 1.54) is 18.2 Å². The number of non-ortho nitro benzene ring substituents is 1. The number of ether oxygens (including phenoxy) is 1. The van der Waals surface area contributed by atoms with Crippen molar-refractivity contribution >= 4 is 21.7 Å². The number of rotatable bonds is 13. The van der Waals surface area contributed by atoms with Gasteiger partial charge in [-0.2, -0.15) is 0 Å². The van der Waals surface area contributed by atoms with Gasteiger partial charge >= 0.3 is 5.97 Å². The van der Waals surface area contributed by atoms with Crippen molar-refractivity contribution in [2.75, 3.05) is 7.11 Å². The van der Waals surface area contributed by atoms with Crippen LogP contribution in [0, 0.1) is 10.1 Å².